The lowest BCUT2D eigenvalue weighted by molar-refractivity contribution is -0.360. The molecular weight excluding hydrogens is 835 g/mol. The Morgan fingerprint density at radius 3 is 2.49 bits per heavy atom. The van der Waals surface area contributed by atoms with E-state index in [0.717, 1.165) is 45.1 Å². The molecule has 5 aromatic rings. The molecule has 2 amide bonds. The average Bonchev–Trinajstić information content (AvgIpc) is 4.14. The van der Waals surface area contributed by atoms with E-state index < -0.39 is 38.1 Å². The fourth-order valence-corrected chi connectivity index (χ4v) is 8.58. The van der Waals surface area contributed by atoms with Crippen molar-refractivity contribution in [2.24, 2.45) is 0 Å². The zero-order chi connectivity index (χ0) is 43.9. The van der Waals surface area contributed by atoms with Crippen LogP contribution in [0.4, 0.5) is 14.4 Å². The van der Waals surface area contributed by atoms with E-state index in [1.165, 1.54) is 28.6 Å². The van der Waals surface area contributed by atoms with Crippen molar-refractivity contribution in [2.75, 3.05) is 38.2 Å². The van der Waals surface area contributed by atoms with Crippen LogP contribution >= 0.6 is 11.3 Å². The number of nitrogens with zero attached hydrogens (tertiary/aromatic N) is 6. The Morgan fingerprint density at radius 1 is 0.921 bits per heavy atom. The van der Waals surface area contributed by atoms with Gasteiger partial charge in [0.1, 0.15) is 30.4 Å². The van der Waals surface area contributed by atoms with Crippen molar-refractivity contribution in [3.8, 4) is 5.75 Å². The summed E-state index contributed by atoms with van der Waals surface area (Å²) in [6.07, 6.45) is 11.2. The first-order chi connectivity index (χ1) is 30.6. The van der Waals surface area contributed by atoms with Crippen LogP contribution < -0.4 is 20.7 Å². The Balaban J connectivity index is 0.679. The Hall–Kier alpha value is -6.06. The van der Waals surface area contributed by atoms with Crippen molar-refractivity contribution in [3.05, 3.63) is 106 Å². The Bertz CT molecular complexity index is 2540. The third-order valence-corrected chi connectivity index (χ3v) is 12.0. The van der Waals surface area contributed by atoms with Gasteiger partial charge in [-0.2, -0.15) is 0 Å². The van der Waals surface area contributed by atoms with Gasteiger partial charge >= 0.3 is 6.97 Å². The van der Waals surface area contributed by atoms with Gasteiger partial charge in [-0.15, -0.1) is 11.3 Å². The van der Waals surface area contributed by atoms with Crippen molar-refractivity contribution >= 4 is 71.0 Å². The van der Waals surface area contributed by atoms with Gasteiger partial charge in [0.15, 0.2) is 41.2 Å². The van der Waals surface area contributed by atoms with Crippen LogP contribution in [0.15, 0.2) is 84.4 Å². The first kappa shape index (κ1) is 43.6. The summed E-state index contributed by atoms with van der Waals surface area (Å²) in [4.78, 5) is 38.4. The number of anilines is 1. The topological polar surface area (TPSA) is 201 Å². The third kappa shape index (κ3) is 9.64. The second-order valence-corrected chi connectivity index (χ2v) is 16.3. The summed E-state index contributed by atoms with van der Waals surface area (Å²) < 4.78 is 47.2. The maximum atomic E-state index is 16.1. The molecule has 4 atom stereocenters. The standard InChI is InChI=1S/C43H48BF2N9O7S/c45-44(46)54-29(13-14-30(54)23-31-15-18-33(55(31)44)35-7-6-22-63-35)12-9-28-10-16-32(17-11-28)61-25-37(58)48-19-3-1-2-8-36(57)47-20-4-5-21-49-41-38-42(51-26-50-41)53(27-52-38)43-40(60)39(59)34(24-56)62-43/h6-7,9-18,22-23,26-27,34,39-40,43,56,59-60H,1-5,8,19-21,24-25H2,(H,47,57)(H,48,58)(H,49,50,51)/b12-9+/t34-,39-,40-,43-/m1/s1. The molecule has 6 N–H and O–H groups in total. The number of thiophene rings is 1. The van der Waals surface area contributed by atoms with E-state index in [1.54, 1.807) is 66.8 Å². The highest BCUT2D eigenvalue weighted by Gasteiger charge is 2.52. The maximum Gasteiger partial charge on any atom is 0.737 e. The van der Waals surface area contributed by atoms with Crippen LogP contribution in [0.25, 0.3) is 29.4 Å². The zero-order valence-corrected chi connectivity index (χ0v) is 35.0. The minimum atomic E-state index is -4.13. The van der Waals surface area contributed by atoms with E-state index in [1.807, 2.05) is 17.5 Å². The molecule has 1 fully saturated rings. The van der Waals surface area contributed by atoms with Gasteiger partial charge in [-0.25, -0.2) is 15.0 Å². The van der Waals surface area contributed by atoms with Crippen molar-refractivity contribution in [1.29, 1.82) is 0 Å². The highest BCUT2D eigenvalue weighted by atomic mass is 32.1. The largest absolute Gasteiger partial charge is 0.737 e. The summed E-state index contributed by atoms with van der Waals surface area (Å²) in [5, 5.41) is 40.8. The third-order valence-electron chi connectivity index (χ3n) is 11.1. The number of aliphatic hydroxyl groups excluding tert-OH is 3. The van der Waals surface area contributed by atoms with Crippen LogP contribution in [0.5, 0.6) is 5.75 Å². The number of amides is 2. The monoisotopic (exact) mass is 883 g/mol. The summed E-state index contributed by atoms with van der Waals surface area (Å²) in [5.74, 6) is 0.719. The predicted molar refractivity (Wildman–Crippen MR) is 235 cm³/mol. The molecule has 16 nitrogen and oxygen atoms in total. The van der Waals surface area contributed by atoms with Gasteiger partial charge in [0.2, 0.25) is 5.91 Å². The summed E-state index contributed by atoms with van der Waals surface area (Å²) in [6.45, 7) is -3.16. The van der Waals surface area contributed by atoms with Crippen molar-refractivity contribution in [2.45, 2.75) is 63.1 Å². The normalized spacial score (nSPS) is 20.0. The number of carbonyl (C=O) groups is 2. The number of allylic oxidation sites excluding steroid dienone is 2. The van der Waals surface area contributed by atoms with Gasteiger partial charge in [-0.1, -0.05) is 30.7 Å². The van der Waals surface area contributed by atoms with Crippen LogP contribution in [-0.4, -0.2) is 119 Å². The molecule has 0 radical (unpaired) electrons. The predicted octanol–water partition coefficient (Wildman–Crippen LogP) is 4.18. The number of hydrogen-bond donors (Lipinski definition) is 6. The summed E-state index contributed by atoms with van der Waals surface area (Å²) in [5.41, 5.74) is 3.45. The second-order valence-electron chi connectivity index (χ2n) is 15.4. The molecule has 3 aliphatic rings. The molecule has 1 aromatic carbocycles. The number of nitrogens with one attached hydrogen (secondary N) is 3. The van der Waals surface area contributed by atoms with E-state index in [9.17, 15) is 24.9 Å². The molecule has 7 heterocycles. The highest BCUT2D eigenvalue weighted by molar-refractivity contribution is 7.12. The molecule has 330 valence electrons. The van der Waals surface area contributed by atoms with Crippen molar-refractivity contribution in [3.63, 3.8) is 0 Å². The van der Waals surface area contributed by atoms with Gasteiger partial charge in [0.25, 0.3) is 5.91 Å². The number of aliphatic hydroxyl groups is 3. The zero-order valence-electron chi connectivity index (χ0n) is 34.2. The Kier molecular flexibility index (Phi) is 13.5. The SMILES string of the molecule is O=C(CCCCCNC(=O)COc1ccc(/C=C/c2ccc3n2[B-](F)(F)[N+]2=C(c4cccs4)C=CC2=C3)cc1)NCCCCNc1ncnc2c1ncn2[C@@H]1O[C@H](CO)[C@@H](O)[C@H]1O. The smallest absolute Gasteiger partial charge is 0.484 e. The summed E-state index contributed by atoms with van der Waals surface area (Å²) in [6, 6.07) is 14.1. The minimum absolute atomic E-state index is 0.0287. The number of unbranched alkanes of at least 4 members (excludes halogenated alkanes) is 3. The molecular formula is C43H48BF2N9O7S. The number of imidazole rings is 1. The molecule has 4 aromatic heterocycles. The average molecular weight is 884 g/mol. The number of rotatable bonds is 20. The van der Waals surface area contributed by atoms with Gasteiger partial charge in [-0.3, -0.25) is 14.2 Å². The number of aromatic nitrogens is 5. The lowest BCUT2D eigenvalue weighted by atomic mass is 9.90. The van der Waals surface area contributed by atoms with E-state index in [-0.39, 0.29) is 18.4 Å². The van der Waals surface area contributed by atoms with E-state index >= 15 is 8.63 Å². The van der Waals surface area contributed by atoms with Crippen molar-refractivity contribution in [1.82, 2.24) is 34.6 Å². The van der Waals surface area contributed by atoms with Gasteiger partial charge in [0, 0.05) is 55.7 Å². The lowest BCUT2D eigenvalue weighted by Gasteiger charge is -2.30. The fraction of sp³-hybridized carbons (Fsp3) is 0.349. The first-order valence-electron chi connectivity index (χ1n) is 20.9. The van der Waals surface area contributed by atoms with E-state index in [2.05, 4.69) is 30.9 Å². The molecule has 20 heteroatoms. The molecule has 8 rings (SSSR count). The molecule has 0 unspecified atom stereocenters. The van der Waals surface area contributed by atoms with E-state index in [0.29, 0.717) is 78.0 Å². The van der Waals surface area contributed by atoms with Gasteiger partial charge in [-0.05, 0) is 73.0 Å². The molecule has 0 bridgehead atoms. The molecule has 0 aliphatic carbocycles. The minimum Gasteiger partial charge on any atom is -0.484 e. The van der Waals surface area contributed by atoms with Crippen LogP contribution in [-0.2, 0) is 14.3 Å². The maximum absolute atomic E-state index is 16.1. The van der Waals surface area contributed by atoms with Crippen LogP contribution in [0.3, 0.4) is 0 Å². The van der Waals surface area contributed by atoms with Crippen LogP contribution in [0, 0.1) is 0 Å². The quantitative estimate of drug-likeness (QED) is 0.0484. The van der Waals surface area contributed by atoms with Crippen LogP contribution in [0.1, 0.15) is 66.6 Å². The number of carbonyl (C=O) groups excluding carboxylic acids is 2. The molecule has 1 saturated heterocycles. The van der Waals surface area contributed by atoms with Crippen molar-refractivity contribution < 1.29 is 47.5 Å². The molecule has 63 heavy (non-hydrogen) atoms. The van der Waals surface area contributed by atoms with Crippen LogP contribution in [0.2, 0.25) is 0 Å². The fourth-order valence-electron chi connectivity index (χ4n) is 7.84. The number of ether oxygens (including phenoxy) is 2. The highest BCUT2D eigenvalue weighted by Crippen LogP contribution is 2.35. The number of benzene rings is 1. The number of halogens is 2. The summed E-state index contributed by atoms with van der Waals surface area (Å²) >= 11 is 1.43. The second kappa shape index (κ2) is 19.6. The Labute approximate surface area is 365 Å². The first-order valence-corrected chi connectivity index (χ1v) is 21.8. The Morgan fingerprint density at radius 2 is 1.71 bits per heavy atom. The molecule has 3 aliphatic heterocycles. The molecule has 0 saturated carbocycles. The van der Waals surface area contributed by atoms with E-state index in [4.69, 9.17) is 9.47 Å². The number of hydrogen-bond acceptors (Lipinski definition) is 12. The lowest BCUT2D eigenvalue weighted by Crippen LogP contribution is -2.50. The van der Waals surface area contributed by atoms with Gasteiger partial charge in [0.05, 0.1) is 17.8 Å². The molecule has 0 spiro atoms. The summed E-state index contributed by atoms with van der Waals surface area (Å²) in [7, 11) is 0. The number of fused-ring (bicyclic) bond motifs is 3. The van der Waals surface area contributed by atoms with Gasteiger partial charge < -0.3 is 58.3 Å².